The third kappa shape index (κ3) is 3.32. The summed E-state index contributed by atoms with van der Waals surface area (Å²) in [6.45, 7) is -2.05. The largest absolute Gasteiger partial charge is 0.434 e. The van der Waals surface area contributed by atoms with Crippen molar-refractivity contribution in [1.82, 2.24) is 10.3 Å². The first kappa shape index (κ1) is 13.5. The van der Waals surface area contributed by atoms with E-state index in [1.807, 2.05) is 0 Å². The number of nitrogens with zero attached hydrogens (tertiary/aromatic N) is 1. The highest BCUT2D eigenvalue weighted by Gasteiger charge is 2.20. The third-order valence-corrected chi connectivity index (χ3v) is 4.06. The van der Waals surface area contributed by atoms with Crippen LogP contribution >= 0.6 is 11.3 Å². The molecular formula is C14H14F2N2OS. The van der Waals surface area contributed by atoms with Crippen molar-refractivity contribution >= 4 is 11.3 Å². The van der Waals surface area contributed by atoms with Gasteiger partial charge < -0.3 is 10.1 Å². The normalized spacial score (nSPS) is 14.8. The molecule has 1 aromatic heterocycles. The van der Waals surface area contributed by atoms with Gasteiger partial charge in [0.05, 0.1) is 5.56 Å². The predicted molar refractivity (Wildman–Crippen MR) is 74.0 cm³/mol. The second-order valence-electron chi connectivity index (χ2n) is 4.66. The molecule has 3 rings (SSSR count). The summed E-state index contributed by atoms with van der Waals surface area (Å²) in [6, 6.07) is 7.37. The minimum Gasteiger partial charge on any atom is -0.434 e. The van der Waals surface area contributed by atoms with Crippen LogP contribution in [0.4, 0.5) is 8.78 Å². The van der Waals surface area contributed by atoms with E-state index in [0.29, 0.717) is 16.6 Å². The molecule has 20 heavy (non-hydrogen) atoms. The molecule has 0 amide bonds. The Morgan fingerprint density at radius 2 is 2.15 bits per heavy atom. The number of alkyl halides is 2. The lowest BCUT2D eigenvalue weighted by atomic mass is 10.2. The number of halogens is 2. The van der Waals surface area contributed by atoms with Crippen LogP contribution in [0.2, 0.25) is 0 Å². The molecule has 1 fully saturated rings. The van der Waals surface area contributed by atoms with Gasteiger partial charge in [0.2, 0.25) is 0 Å². The molecule has 1 heterocycles. The van der Waals surface area contributed by atoms with Crippen LogP contribution in [0.5, 0.6) is 5.75 Å². The van der Waals surface area contributed by atoms with Crippen LogP contribution in [-0.2, 0) is 6.54 Å². The number of thiazole rings is 1. The summed E-state index contributed by atoms with van der Waals surface area (Å²) >= 11 is 1.50. The smallest absolute Gasteiger partial charge is 0.387 e. The van der Waals surface area contributed by atoms with Gasteiger partial charge in [0, 0.05) is 23.7 Å². The highest BCUT2D eigenvalue weighted by atomic mass is 32.1. The monoisotopic (exact) mass is 296 g/mol. The molecule has 6 heteroatoms. The maximum Gasteiger partial charge on any atom is 0.387 e. The fourth-order valence-electron chi connectivity index (χ4n) is 1.89. The number of para-hydroxylation sites is 1. The van der Waals surface area contributed by atoms with Gasteiger partial charge in [0.15, 0.2) is 0 Å². The van der Waals surface area contributed by atoms with E-state index >= 15 is 0 Å². The summed E-state index contributed by atoms with van der Waals surface area (Å²) in [5.74, 6) is 0.165. The summed E-state index contributed by atoms with van der Waals surface area (Å²) in [5.41, 5.74) is 0.607. The molecule has 1 aromatic carbocycles. The van der Waals surface area contributed by atoms with Crippen molar-refractivity contribution in [2.45, 2.75) is 32.0 Å². The molecule has 1 aliphatic carbocycles. The molecule has 0 unspecified atom stereocenters. The van der Waals surface area contributed by atoms with E-state index < -0.39 is 6.61 Å². The van der Waals surface area contributed by atoms with Gasteiger partial charge in [-0.05, 0) is 25.0 Å². The van der Waals surface area contributed by atoms with Crippen molar-refractivity contribution in [2.24, 2.45) is 0 Å². The Morgan fingerprint density at radius 3 is 2.90 bits per heavy atom. The zero-order valence-electron chi connectivity index (χ0n) is 10.7. The third-order valence-electron chi connectivity index (χ3n) is 3.03. The fraction of sp³-hybridized carbons (Fsp3) is 0.357. The highest BCUT2D eigenvalue weighted by Crippen LogP contribution is 2.33. The van der Waals surface area contributed by atoms with Crippen molar-refractivity contribution < 1.29 is 13.5 Å². The number of rotatable bonds is 6. The molecular weight excluding hydrogens is 282 g/mol. The van der Waals surface area contributed by atoms with Gasteiger partial charge in [-0.15, -0.1) is 11.3 Å². The summed E-state index contributed by atoms with van der Waals surface area (Å²) in [5, 5.41) is 4.11. The number of benzene rings is 1. The van der Waals surface area contributed by atoms with Crippen molar-refractivity contribution in [1.29, 1.82) is 0 Å². The Labute approximate surface area is 119 Å². The van der Waals surface area contributed by atoms with Gasteiger partial charge in [0.1, 0.15) is 10.8 Å². The van der Waals surface area contributed by atoms with Crippen LogP contribution in [0.1, 0.15) is 17.7 Å². The van der Waals surface area contributed by atoms with Crippen LogP contribution in [0.15, 0.2) is 30.5 Å². The fourth-order valence-corrected chi connectivity index (χ4v) is 2.78. The number of ether oxygens (including phenoxy) is 1. The van der Waals surface area contributed by atoms with E-state index in [4.69, 9.17) is 0 Å². The first-order chi connectivity index (χ1) is 9.72. The molecule has 2 aromatic rings. The zero-order chi connectivity index (χ0) is 13.9. The van der Waals surface area contributed by atoms with E-state index in [1.54, 1.807) is 24.4 Å². The van der Waals surface area contributed by atoms with Crippen molar-refractivity contribution in [3.8, 4) is 16.3 Å². The Morgan fingerprint density at radius 1 is 1.35 bits per heavy atom. The summed E-state index contributed by atoms with van der Waals surface area (Å²) in [6.07, 6.45) is 4.25. The summed E-state index contributed by atoms with van der Waals surface area (Å²) in [7, 11) is 0. The topological polar surface area (TPSA) is 34.1 Å². The van der Waals surface area contributed by atoms with E-state index in [9.17, 15) is 8.78 Å². The van der Waals surface area contributed by atoms with Gasteiger partial charge in [-0.1, -0.05) is 12.1 Å². The number of hydrogen-bond donors (Lipinski definition) is 1. The maximum absolute atomic E-state index is 12.4. The average Bonchev–Trinajstić information content (AvgIpc) is 3.14. The standard InChI is InChI=1S/C14H14F2N2OS/c15-14(16)19-12-4-2-1-3-11(12)13-18-8-10(20-13)7-17-9-5-6-9/h1-4,8-9,14,17H,5-7H2. The second-order valence-corrected chi connectivity index (χ2v) is 5.78. The number of nitrogens with one attached hydrogen (secondary N) is 1. The highest BCUT2D eigenvalue weighted by molar-refractivity contribution is 7.15. The lowest BCUT2D eigenvalue weighted by Crippen LogP contribution is -2.14. The molecule has 0 atom stereocenters. The summed E-state index contributed by atoms with van der Waals surface area (Å²) in [4.78, 5) is 5.40. The lowest BCUT2D eigenvalue weighted by molar-refractivity contribution is -0.0494. The Bertz CT molecular complexity index is 584. The van der Waals surface area contributed by atoms with Crippen LogP contribution in [0.25, 0.3) is 10.6 Å². The van der Waals surface area contributed by atoms with Gasteiger partial charge in [-0.3, -0.25) is 0 Å². The zero-order valence-corrected chi connectivity index (χ0v) is 11.5. The SMILES string of the molecule is FC(F)Oc1ccccc1-c1ncc(CNC2CC2)s1. The minimum absolute atomic E-state index is 0.165. The first-order valence-electron chi connectivity index (χ1n) is 6.44. The number of aromatic nitrogens is 1. The minimum atomic E-state index is -2.83. The molecule has 0 saturated heterocycles. The Hall–Kier alpha value is -1.53. The molecule has 0 aliphatic heterocycles. The first-order valence-corrected chi connectivity index (χ1v) is 7.26. The molecule has 0 radical (unpaired) electrons. The van der Waals surface area contributed by atoms with E-state index in [2.05, 4.69) is 15.0 Å². The molecule has 1 aliphatic rings. The Balaban J connectivity index is 1.77. The molecule has 1 saturated carbocycles. The van der Waals surface area contributed by atoms with Crippen LogP contribution < -0.4 is 10.1 Å². The lowest BCUT2D eigenvalue weighted by Gasteiger charge is -2.08. The molecule has 0 bridgehead atoms. The maximum atomic E-state index is 12.4. The predicted octanol–water partition coefficient (Wildman–Crippen LogP) is 3.66. The van der Waals surface area contributed by atoms with Gasteiger partial charge in [0.25, 0.3) is 0 Å². The van der Waals surface area contributed by atoms with E-state index in [-0.39, 0.29) is 5.75 Å². The van der Waals surface area contributed by atoms with Gasteiger partial charge >= 0.3 is 6.61 Å². The van der Waals surface area contributed by atoms with Gasteiger partial charge in [-0.25, -0.2) is 4.98 Å². The van der Waals surface area contributed by atoms with Crippen molar-refractivity contribution in [2.75, 3.05) is 0 Å². The Kier molecular flexibility index (Phi) is 3.93. The second kappa shape index (κ2) is 5.85. The van der Waals surface area contributed by atoms with E-state index in [0.717, 1.165) is 11.4 Å². The molecule has 3 nitrogen and oxygen atoms in total. The van der Waals surface area contributed by atoms with Crippen molar-refractivity contribution in [3.05, 3.63) is 35.3 Å². The number of hydrogen-bond acceptors (Lipinski definition) is 4. The van der Waals surface area contributed by atoms with Crippen LogP contribution in [-0.4, -0.2) is 17.6 Å². The van der Waals surface area contributed by atoms with Crippen LogP contribution in [0.3, 0.4) is 0 Å². The van der Waals surface area contributed by atoms with Crippen molar-refractivity contribution in [3.63, 3.8) is 0 Å². The van der Waals surface area contributed by atoms with Gasteiger partial charge in [-0.2, -0.15) is 8.78 Å². The molecule has 0 spiro atoms. The van der Waals surface area contributed by atoms with Crippen LogP contribution in [0, 0.1) is 0 Å². The van der Waals surface area contributed by atoms with E-state index in [1.165, 1.54) is 30.2 Å². The molecule has 106 valence electrons. The molecule has 1 N–H and O–H groups in total. The quantitative estimate of drug-likeness (QED) is 0.883. The summed E-state index contributed by atoms with van der Waals surface area (Å²) < 4.78 is 29.3. The average molecular weight is 296 g/mol.